The van der Waals surface area contributed by atoms with Crippen molar-refractivity contribution in [3.05, 3.63) is 53.6 Å². The van der Waals surface area contributed by atoms with Crippen molar-refractivity contribution in [2.45, 2.75) is 11.8 Å². The van der Waals surface area contributed by atoms with Gasteiger partial charge >= 0.3 is 10.2 Å². The standard InChI is InChI=1S/C14H12FNO4S/c1-9-10(5-4-7-12(9)17)14(18)16-11-6-2-3-8-13(11)21(15,19)20/h2-8,17H,1H3,(H,16,18). The van der Waals surface area contributed by atoms with Crippen LogP contribution >= 0.6 is 0 Å². The first-order chi connectivity index (χ1) is 9.80. The molecule has 2 rings (SSSR count). The first-order valence-corrected chi connectivity index (χ1v) is 7.32. The van der Waals surface area contributed by atoms with Gasteiger partial charge < -0.3 is 10.4 Å². The van der Waals surface area contributed by atoms with E-state index in [4.69, 9.17) is 0 Å². The summed E-state index contributed by atoms with van der Waals surface area (Å²) in [5, 5.41) is 11.9. The second-order valence-corrected chi connectivity index (χ2v) is 5.65. The van der Waals surface area contributed by atoms with Crippen LogP contribution in [0, 0.1) is 6.92 Å². The molecule has 2 aromatic rings. The summed E-state index contributed by atoms with van der Waals surface area (Å²) >= 11 is 0. The molecular formula is C14H12FNO4S. The van der Waals surface area contributed by atoms with Gasteiger partial charge in [-0.3, -0.25) is 4.79 Å². The molecule has 0 aliphatic heterocycles. The molecule has 0 aromatic heterocycles. The predicted octanol–water partition coefficient (Wildman–Crippen LogP) is 2.61. The summed E-state index contributed by atoms with van der Waals surface area (Å²) < 4.78 is 35.2. The Labute approximate surface area is 121 Å². The van der Waals surface area contributed by atoms with Crippen LogP contribution in [0.3, 0.4) is 0 Å². The summed E-state index contributed by atoms with van der Waals surface area (Å²) in [5.74, 6) is -0.700. The zero-order valence-electron chi connectivity index (χ0n) is 11.0. The van der Waals surface area contributed by atoms with Gasteiger partial charge in [-0.05, 0) is 31.2 Å². The number of nitrogens with one attached hydrogen (secondary N) is 1. The van der Waals surface area contributed by atoms with Crippen molar-refractivity contribution in [3.8, 4) is 5.75 Å². The largest absolute Gasteiger partial charge is 0.508 e. The zero-order chi connectivity index (χ0) is 15.6. The van der Waals surface area contributed by atoms with Crippen molar-refractivity contribution in [3.63, 3.8) is 0 Å². The number of hydrogen-bond acceptors (Lipinski definition) is 4. The minimum atomic E-state index is -4.94. The van der Waals surface area contributed by atoms with Crippen LogP contribution in [-0.2, 0) is 10.2 Å². The van der Waals surface area contributed by atoms with E-state index >= 15 is 0 Å². The summed E-state index contributed by atoms with van der Waals surface area (Å²) in [7, 11) is -4.94. The van der Waals surface area contributed by atoms with Crippen LogP contribution in [0.4, 0.5) is 9.57 Å². The van der Waals surface area contributed by atoms with Crippen LogP contribution in [-0.4, -0.2) is 19.4 Å². The van der Waals surface area contributed by atoms with Crippen LogP contribution in [0.25, 0.3) is 0 Å². The summed E-state index contributed by atoms with van der Waals surface area (Å²) in [6, 6.07) is 9.53. The molecule has 2 N–H and O–H groups in total. The number of hydrogen-bond donors (Lipinski definition) is 2. The Kier molecular flexibility index (Phi) is 3.95. The van der Waals surface area contributed by atoms with Crippen molar-refractivity contribution in [2.24, 2.45) is 0 Å². The maximum atomic E-state index is 13.2. The number of amides is 1. The molecule has 0 aliphatic rings. The lowest BCUT2D eigenvalue weighted by Crippen LogP contribution is -2.15. The number of halogens is 1. The summed E-state index contributed by atoms with van der Waals surface area (Å²) in [5.41, 5.74) is 0.351. The SMILES string of the molecule is Cc1c(O)cccc1C(=O)Nc1ccccc1S(=O)(=O)F. The van der Waals surface area contributed by atoms with Crippen molar-refractivity contribution >= 4 is 21.8 Å². The second-order valence-electron chi connectivity index (χ2n) is 4.34. The second kappa shape index (κ2) is 5.53. The summed E-state index contributed by atoms with van der Waals surface area (Å²) in [6.45, 7) is 1.54. The van der Waals surface area contributed by atoms with Gasteiger partial charge in [-0.15, -0.1) is 3.89 Å². The van der Waals surface area contributed by atoms with Gasteiger partial charge in [0.2, 0.25) is 0 Å². The number of rotatable bonds is 3. The van der Waals surface area contributed by atoms with Crippen molar-refractivity contribution in [1.82, 2.24) is 0 Å². The third kappa shape index (κ3) is 3.19. The molecule has 0 heterocycles. The molecule has 0 saturated carbocycles. The summed E-state index contributed by atoms with van der Waals surface area (Å²) in [4.78, 5) is 11.5. The van der Waals surface area contributed by atoms with Crippen LogP contribution < -0.4 is 5.32 Å². The number of phenols is 1. The molecular weight excluding hydrogens is 297 g/mol. The molecule has 0 bridgehead atoms. The van der Waals surface area contributed by atoms with E-state index in [1.807, 2.05) is 0 Å². The van der Waals surface area contributed by atoms with Crippen LogP contribution in [0.15, 0.2) is 47.4 Å². The van der Waals surface area contributed by atoms with Gasteiger partial charge in [-0.2, -0.15) is 8.42 Å². The Balaban J connectivity index is 2.40. The normalized spacial score (nSPS) is 11.1. The van der Waals surface area contributed by atoms with Crippen molar-refractivity contribution < 1.29 is 22.2 Å². The fourth-order valence-electron chi connectivity index (χ4n) is 1.84. The molecule has 5 nitrogen and oxygen atoms in total. The molecule has 21 heavy (non-hydrogen) atoms. The highest BCUT2D eigenvalue weighted by Crippen LogP contribution is 2.25. The van der Waals surface area contributed by atoms with E-state index in [0.717, 1.165) is 6.07 Å². The number of carbonyl (C=O) groups excluding carboxylic acids is 1. The average molecular weight is 309 g/mol. The Morgan fingerprint density at radius 3 is 2.48 bits per heavy atom. The first-order valence-electron chi connectivity index (χ1n) is 5.94. The number of anilines is 1. The Hall–Kier alpha value is -2.41. The topological polar surface area (TPSA) is 83.5 Å². The maximum Gasteiger partial charge on any atom is 0.334 e. The van der Waals surface area contributed by atoms with E-state index < -0.39 is 21.0 Å². The van der Waals surface area contributed by atoms with Crippen molar-refractivity contribution in [1.29, 1.82) is 0 Å². The van der Waals surface area contributed by atoms with Gasteiger partial charge in [0.15, 0.2) is 0 Å². The van der Waals surface area contributed by atoms with Crippen molar-refractivity contribution in [2.75, 3.05) is 5.32 Å². The smallest absolute Gasteiger partial charge is 0.334 e. The number of para-hydroxylation sites is 1. The van der Waals surface area contributed by atoms with E-state index in [2.05, 4.69) is 5.32 Å². The molecule has 2 aromatic carbocycles. The number of carbonyl (C=O) groups is 1. The number of benzene rings is 2. The minimum absolute atomic E-state index is 0.0611. The molecule has 0 radical (unpaired) electrons. The van der Waals surface area contributed by atoms with Gasteiger partial charge in [0.05, 0.1) is 5.69 Å². The highest BCUT2D eigenvalue weighted by molar-refractivity contribution is 7.86. The van der Waals surface area contributed by atoms with Gasteiger partial charge in [0, 0.05) is 11.1 Å². The van der Waals surface area contributed by atoms with E-state index in [9.17, 15) is 22.2 Å². The van der Waals surface area contributed by atoms with Crippen LogP contribution in [0.2, 0.25) is 0 Å². The average Bonchev–Trinajstić information content (AvgIpc) is 2.41. The molecule has 0 atom stereocenters. The molecule has 0 aliphatic carbocycles. The van der Waals surface area contributed by atoms with Crippen LogP contribution in [0.1, 0.15) is 15.9 Å². The molecule has 0 fully saturated rings. The molecule has 0 unspecified atom stereocenters. The molecule has 0 saturated heterocycles. The van der Waals surface area contributed by atoms with E-state index in [1.54, 1.807) is 6.92 Å². The van der Waals surface area contributed by atoms with Gasteiger partial charge in [0.25, 0.3) is 5.91 Å². The minimum Gasteiger partial charge on any atom is -0.508 e. The summed E-state index contributed by atoms with van der Waals surface area (Å²) in [6.07, 6.45) is 0. The highest BCUT2D eigenvalue weighted by Gasteiger charge is 2.19. The lowest BCUT2D eigenvalue weighted by Gasteiger charge is -2.10. The Morgan fingerprint density at radius 1 is 1.14 bits per heavy atom. The predicted molar refractivity (Wildman–Crippen MR) is 75.5 cm³/mol. The molecule has 7 heteroatoms. The molecule has 0 spiro atoms. The zero-order valence-corrected chi connectivity index (χ0v) is 11.8. The lowest BCUT2D eigenvalue weighted by atomic mass is 10.1. The van der Waals surface area contributed by atoms with Gasteiger partial charge in [0.1, 0.15) is 10.6 Å². The van der Waals surface area contributed by atoms with E-state index in [0.29, 0.717) is 5.56 Å². The number of aromatic hydroxyl groups is 1. The third-order valence-electron chi connectivity index (χ3n) is 2.95. The highest BCUT2D eigenvalue weighted by atomic mass is 32.3. The maximum absolute atomic E-state index is 13.2. The van der Waals surface area contributed by atoms with Gasteiger partial charge in [-0.1, -0.05) is 18.2 Å². The monoisotopic (exact) mass is 309 g/mol. The van der Waals surface area contributed by atoms with Crippen LogP contribution in [0.5, 0.6) is 5.75 Å². The fourth-order valence-corrected chi connectivity index (χ4v) is 2.46. The molecule has 1 amide bonds. The quantitative estimate of drug-likeness (QED) is 0.854. The lowest BCUT2D eigenvalue weighted by molar-refractivity contribution is 0.102. The van der Waals surface area contributed by atoms with E-state index in [-0.39, 0.29) is 17.0 Å². The Morgan fingerprint density at radius 2 is 1.81 bits per heavy atom. The van der Waals surface area contributed by atoms with Gasteiger partial charge in [-0.25, -0.2) is 0 Å². The third-order valence-corrected chi connectivity index (χ3v) is 3.83. The fraction of sp³-hybridized carbons (Fsp3) is 0.0714. The number of phenolic OH excluding ortho intramolecular Hbond substituents is 1. The Bertz CT molecular complexity index is 802. The van der Waals surface area contributed by atoms with E-state index in [1.165, 1.54) is 36.4 Å². The molecule has 110 valence electrons. The first kappa shape index (κ1) is 15.0.